The molecular formula is C22H17FN2O4. The number of carbonyl (C=O) groups excluding carboxylic acids is 2. The highest BCUT2D eigenvalue weighted by Crippen LogP contribution is 2.32. The third kappa shape index (κ3) is 3.89. The number of carbonyl (C=O) groups is 2. The molecular weight excluding hydrogens is 375 g/mol. The summed E-state index contributed by atoms with van der Waals surface area (Å²) < 4.78 is 24.7. The number of rotatable bonds is 4. The Kier molecular flexibility index (Phi) is 4.87. The first kappa shape index (κ1) is 18.5. The van der Waals surface area contributed by atoms with Gasteiger partial charge in [-0.3, -0.25) is 9.59 Å². The molecule has 0 aromatic heterocycles. The number of hydrogen-bond acceptors (Lipinski definition) is 4. The van der Waals surface area contributed by atoms with Crippen molar-refractivity contribution in [3.05, 3.63) is 83.2 Å². The van der Waals surface area contributed by atoms with Gasteiger partial charge in [0.2, 0.25) is 6.79 Å². The van der Waals surface area contributed by atoms with Crippen molar-refractivity contribution in [3.63, 3.8) is 0 Å². The van der Waals surface area contributed by atoms with Gasteiger partial charge in [0.15, 0.2) is 11.5 Å². The molecule has 0 spiro atoms. The fourth-order valence-electron chi connectivity index (χ4n) is 2.96. The van der Waals surface area contributed by atoms with Crippen LogP contribution >= 0.6 is 0 Å². The Morgan fingerprint density at radius 2 is 1.69 bits per heavy atom. The third-order valence-corrected chi connectivity index (χ3v) is 4.50. The van der Waals surface area contributed by atoms with Gasteiger partial charge in [-0.25, -0.2) is 4.39 Å². The van der Waals surface area contributed by atoms with Gasteiger partial charge in [0.25, 0.3) is 11.8 Å². The first-order valence-electron chi connectivity index (χ1n) is 8.89. The summed E-state index contributed by atoms with van der Waals surface area (Å²) in [6.07, 6.45) is 0. The molecule has 7 heteroatoms. The second-order valence-corrected chi connectivity index (χ2v) is 6.49. The van der Waals surface area contributed by atoms with Crippen LogP contribution in [0.4, 0.5) is 15.8 Å². The predicted octanol–water partition coefficient (Wildman–Crippen LogP) is 4.37. The molecule has 146 valence electrons. The van der Waals surface area contributed by atoms with E-state index in [1.165, 1.54) is 18.2 Å². The smallest absolute Gasteiger partial charge is 0.256 e. The Balaban J connectivity index is 1.51. The van der Waals surface area contributed by atoms with Crippen LogP contribution in [0.5, 0.6) is 11.5 Å². The summed E-state index contributed by atoms with van der Waals surface area (Å²) in [6.45, 7) is 1.91. The quantitative estimate of drug-likeness (QED) is 0.691. The largest absolute Gasteiger partial charge is 0.454 e. The number of nitrogens with one attached hydrogen (secondary N) is 2. The van der Waals surface area contributed by atoms with Crippen molar-refractivity contribution >= 4 is 23.2 Å². The van der Waals surface area contributed by atoms with Gasteiger partial charge in [-0.1, -0.05) is 18.2 Å². The van der Waals surface area contributed by atoms with Crippen molar-refractivity contribution in [2.24, 2.45) is 0 Å². The lowest BCUT2D eigenvalue weighted by atomic mass is 10.1. The van der Waals surface area contributed by atoms with Crippen molar-refractivity contribution < 1.29 is 23.5 Å². The van der Waals surface area contributed by atoms with E-state index in [1.807, 2.05) is 6.07 Å². The normalized spacial score (nSPS) is 11.8. The average molecular weight is 392 g/mol. The number of aryl methyl sites for hydroxylation is 1. The predicted molar refractivity (Wildman–Crippen MR) is 106 cm³/mol. The fraction of sp³-hybridized carbons (Fsp3) is 0.0909. The number of anilines is 2. The van der Waals surface area contributed by atoms with Crippen molar-refractivity contribution in [2.75, 3.05) is 17.4 Å². The lowest BCUT2D eigenvalue weighted by molar-refractivity contribution is 0.101. The molecule has 0 saturated heterocycles. The van der Waals surface area contributed by atoms with E-state index in [4.69, 9.17) is 9.47 Å². The number of amides is 2. The number of fused-ring (bicyclic) bond motifs is 1. The van der Waals surface area contributed by atoms with Crippen LogP contribution in [0, 0.1) is 12.7 Å². The molecule has 1 aliphatic rings. The van der Waals surface area contributed by atoms with Gasteiger partial charge in [0, 0.05) is 16.8 Å². The zero-order valence-electron chi connectivity index (χ0n) is 15.5. The van der Waals surface area contributed by atoms with E-state index in [-0.39, 0.29) is 12.5 Å². The summed E-state index contributed by atoms with van der Waals surface area (Å²) in [5.74, 6) is -0.368. The molecule has 0 unspecified atom stereocenters. The molecule has 0 radical (unpaired) electrons. The molecule has 2 N–H and O–H groups in total. The van der Waals surface area contributed by atoms with Crippen molar-refractivity contribution in [1.82, 2.24) is 0 Å². The van der Waals surface area contributed by atoms with Crippen LogP contribution in [-0.4, -0.2) is 18.6 Å². The minimum absolute atomic E-state index is 0.0262. The average Bonchev–Trinajstić information content (AvgIpc) is 3.18. The lowest BCUT2D eigenvalue weighted by Crippen LogP contribution is -2.15. The Labute approximate surface area is 166 Å². The highest BCUT2D eigenvalue weighted by Gasteiger charge is 2.17. The summed E-state index contributed by atoms with van der Waals surface area (Å²) in [7, 11) is 0. The molecule has 1 heterocycles. The summed E-state index contributed by atoms with van der Waals surface area (Å²) >= 11 is 0. The number of ether oxygens (including phenoxy) is 2. The van der Waals surface area contributed by atoms with Gasteiger partial charge in [-0.05, 0) is 55.0 Å². The second kappa shape index (κ2) is 7.63. The van der Waals surface area contributed by atoms with E-state index in [0.29, 0.717) is 28.3 Å². The van der Waals surface area contributed by atoms with Crippen LogP contribution in [0.15, 0.2) is 60.7 Å². The number of halogens is 1. The molecule has 29 heavy (non-hydrogen) atoms. The zero-order valence-corrected chi connectivity index (χ0v) is 15.5. The van der Waals surface area contributed by atoms with Crippen molar-refractivity contribution in [1.29, 1.82) is 0 Å². The van der Waals surface area contributed by atoms with Gasteiger partial charge in [0.1, 0.15) is 5.82 Å². The van der Waals surface area contributed by atoms with E-state index in [2.05, 4.69) is 10.6 Å². The maximum Gasteiger partial charge on any atom is 0.256 e. The van der Waals surface area contributed by atoms with Gasteiger partial charge in [-0.15, -0.1) is 0 Å². The highest BCUT2D eigenvalue weighted by atomic mass is 19.1. The van der Waals surface area contributed by atoms with E-state index in [9.17, 15) is 14.0 Å². The molecule has 6 nitrogen and oxygen atoms in total. The topological polar surface area (TPSA) is 76.7 Å². The molecule has 0 saturated carbocycles. The first-order valence-corrected chi connectivity index (χ1v) is 8.89. The molecule has 4 rings (SSSR count). The van der Waals surface area contributed by atoms with Gasteiger partial charge >= 0.3 is 0 Å². The summed E-state index contributed by atoms with van der Waals surface area (Å²) in [5, 5.41) is 5.24. The summed E-state index contributed by atoms with van der Waals surface area (Å²) in [6, 6.07) is 15.8. The fourth-order valence-corrected chi connectivity index (χ4v) is 2.96. The van der Waals surface area contributed by atoms with Crippen LogP contribution in [-0.2, 0) is 0 Å². The summed E-state index contributed by atoms with van der Waals surface area (Å²) in [4.78, 5) is 25.0. The minimum atomic E-state index is -0.604. The molecule has 0 bridgehead atoms. The van der Waals surface area contributed by atoms with Crippen LogP contribution < -0.4 is 20.1 Å². The Hall–Kier alpha value is -3.87. The van der Waals surface area contributed by atoms with E-state index in [1.54, 1.807) is 43.3 Å². The maximum atomic E-state index is 14.2. The summed E-state index contributed by atoms with van der Waals surface area (Å²) in [5.41, 5.74) is 1.90. The Morgan fingerprint density at radius 1 is 0.897 bits per heavy atom. The Bertz CT molecular complexity index is 1110. The molecule has 0 aliphatic carbocycles. The van der Waals surface area contributed by atoms with Gasteiger partial charge in [-0.2, -0.15) is 0 Å². The molecule has 2 amide bonds. The van der Waals surface area contributed by atoms with Crippen LogP contribution in [0.1, 0.15) is 26.3 Å². The van der Waals surface area contributed by atoms with Crippen LogP contribution in [0.3, 0.4) is 0 Å². The van der Waals surface area contributed by atoms with Crippen LogP contribution in [0.25, 0.3) is 0 Å². The van der Waals surface area contributed by atoms with Gasteiger partial charge in [0.05, 0.1) is 5.69 Å². The highest BCUT2D eigenvalue weighted by molar-refractivity contribution is 6.07. The molecule has 1 aliphatic heterocycles. The molecule has 3 aromatic carbocycles. The molecule has 3 aromatic rings. The lowest BCUT2D eigenvalue weighted by Gasteiger charge is -2.11. The Morgan fingerprint density at radius 3 is 2.52 bits per heavy atom. The van der Waals surface area contributed by atoms with Gasteiger partial charge < -0.3 is 20.1 Å². The minimum Gasteiger partial charge on any atom is -0.454 e. The second-order valence-electron chi connectivity index (χ2n) is 6.49. The molecule has 0 fully saturated rings. The monoisotopic (exact) mass is 392 g/mol. The third-order valence-electron chi connectivity index (χ3n) is 4.50. The number of hydrogen-bond donors (Lipinski definition) is 2. The first-order chi connectivity index (χ1) is 14.0. The van der Waals surface area contributed by atoms with E-state index in [0.717, 1.165) is 5.56 Å². The van der Waals surface area contributed by atoms with Crippen molar-refractivity contribution in [3.8, 4) is 11.5 Å². The zero-order chi connectivity index (χ0) is 20.4. The SMILES string of the molecule is Cc1ccccc1C(=O)Nc1cc(NC(=O)c2ccc3c(c2)OCO3)ccc1F. The van der Waals surface area contributed by atoms with Crippen LogP contribution in [0.2, 0.25) is 0 Å². The van der Waals surface area contributed by atoms with E-state index < -0.39 is 17.6 Å². The standard InChI is InChI=1S/C22H17FN2O4/c1-13-4-2-3-5-16(13)22(27)25-18-11-15(7-8-17(18)23)24-21(26)14-6-9-19-20(10-14)29-12-28-19/h2-11H,12H2,1H3,(H,24,26)(H,25,27). The molecule has 0 atom stereocenters. The number of benzene rings is 3. The van der Waals surface area contributed by atoms with Crippen molar-refractivity contribution in [2.45, 2.75) is 6.92 Å². The van der Waals surface area contributed by atoms with E-state index >= 15 is 0 Å². The maximum absolute atomic E-state index is 14.2.